The van der Waals surface area contributed by atoms with E-state index in [4.69, 9.17) is 10.2 Å². The Kier molecular flexibility index (Phi) is 6.78. The molecule has 0 unspecified atom stereocenters. The van der Waals surface area contributed by atoms with Gasteiger partial charge in [0.05, 0.1) is 16.9 Å². The summed E-state index contributed by atoms with van der Waals surface area (Å²) in [6.07, 6.45) is -4.87. The lowest BCUT2D eigenvalue weighted by atomic mass is 10.1. The van der Waals surface area contributed by atoms with E-state index in [1.54, 1.807) is 6.07 Å². The molecule has 0 atom stereocenters. The molecule has 1 fully saturated rings. The second-order valence-corrected chi connectivity index (χ2v) is 8.96. The van der Waals surface area contributed by atoms with Crippen LogP contribution in [-0.2, 0) is 6.18 Å². The molecular formula is C22H26F3N3O2S. The molecule has 0 spiro atoms. The predicted octanol–water partition coefficient (Wildman–Crippen LogP) is 3.63. The number of aliphatic hydroxyl groups is 2. The van der Waals surface area contributed by atoms with Crippen LogP contribution >= 0.6 is 11.8 Å². The number of hydrogen-bond donors (Lipinski definition) is 2. The van der Waals surface area contributed by atoms with Gasteiger partial charge >= 0.3 is 6.18 Å². The van der Waals surface area contributed by atoms with Crippen LogP contribution < -0.4 is 4.90 Å². The molecule has 9 heteroatoms. The number of hydrogen-bond acceptors (Lipinski definition) is 6. The van der Waals surface area contributed by atoms with E-state index in [9.17, 15) is 13.2 Å². The lowest BCUT2D eigenvalue weighted by molar-refractivity contribution is -0.137. The fourth-order valence-corrected chi connectivity index (χ4v) is 5.20. The van der Waals surface area contributed by atoms with Crippen LogP contribution in [0.4, 0.5) is 24.5 Å². The summed E-state index contributed by atoms with van der Waals surface area (Å²) in [5, 5.41) is 18.2. The second kappa shape index (κ2) is 9.38. The van der Waals surface area contributed by atoms with E-state index in [1.165, 1.54) is 17.8 Å². The van der Waals surface area contributed by atoms with Crippen LogP contribution in [0.1, 0.15) is 12.0 Å². The van der Waals surface area contributed by atoms with Gasteiger partial charge in [-0.15, -0.1) is 0 Å². The van der Waals surface area contributed by atoms with Crippen molar-refractivity contribution in [2.24, 2.45) is 0 Å². The summed E-state index contributed by atoms with van der Waals surface area (Å²) in [7, 11) is 0. The van der Waals surface area contributed by atoms with Crippen LogP contribution in [0.15, 0.2) is 52.3 Å². The lowest BCUT2D eigenvalue weighted by Gasteiger charge is -2.36. The SMILES string of the molecule is OC(O)CN1CCN(CCCN2c3ccccc3Sc3ccc(C(F)(F)F)cc32)CC1. The standard InChI is InChI=1S/C22H26F3N3O2S/c23-22(24,25)16-6-7-20-18(14-16)28(17-4-1-2-5-19(17)31-20)9-3-8-26-10-12-27(13-11-26)15-21(29)30/h1-2,4-7,14,21,29-30H,3,8-13,15H2. The molecule has 2 aromatic carbocycles. The van der Waals surface area contributed by atoms with Crippen molar-refractivity contribution in [2.45, 2.75) is 28.7 Å². The first-order valence-corrected chi connectivity index (χ1v) is 11.2. The van der Waals surface area contributed by atoms with Crippen LogP contribution in [0.25, 0.3) is 0 Å². The molecule has 0 saturated carbocycles. The third-order valence-corrected chi connectivity index (χ3v) is 6.83. The third-order valence-electron chi connectivity index (χ3n) is 5.70. The van der Waals surface area contributed by atoms with Crippen LogP contribution in [0.3, 0.4) is 0 Å². The summed E-state index contributed by atoms with van der Waals surface area (Å²) in [4.78, 5) is 8.23. The van der Waals surface area contributed by atoms with Crippen molar-refractivity contribution in [3.63, 3.8) is 0 Å². The zero-order valence-electron chi connectivity index (χ0n) is 17.1. The van der Waals surface area contributed by atoms with Crippen molar-refractivity contribution < 1.29 is 23.4 Å². The average Bonchev–Trinajstić information content (AvgIpc) is 2.73. The van der Waals surface area contributed by atoms with Crippen molar-refractivity contribution >= 4 is 23.1 Å². The lowest BCUT2D eigenvalue weighted by Crippen LogP contribution is -2.48. The average molecular weight is 454 g/mol. The number of aliphatic hydroxyl groups excluding tert-OH is 1. The van der Waals surface area contributed by atoms with Crippen molar-refractivity contribution in [2.75, 3.05) is 50.7 Å². The summed E-state index contributed by atoms with van der Waals surface area (Å²) in [5.74, 6) is 0. The molecule has 0 bridgehead atoms. The fraction of sp³-hybridized carbons (Fsp3) is 0.455. The van der Waals surface area contributed by atoms with Crippen molar-refractivity contribution in [1.82, 2.24) is 9.80 Å². The smallest absolute Gasteiger partial charge is 0.367 e. The molecule has 2 N–H and O–H groups in total. The molecule has 2 heterocycles. The Balaban J connectivity index is 1.44. The highest BCUT2D eigenvalue weighted by Crippen LogP contribution is 2.49. The Labute approximate surface area is 184 Å². The maximum absolute atomic E-state index is 13.3. The first-order chi connectivity index (χ1) is 14.8. The maximum Gasteiger partial charge on any atom is 0.416 e. The Hall–Kier alpha value is -1.78. The Morgan fingerprint density at radius 3 is 2.26 bits per heavy atom. The molecular weight excluding hydrogens is 427 g/mol. The Morgan fingerprint density at radius 1 is 0.871 bits per heavy atom. The summed E-state index contributed by atoms with van der Waals surface area (Å²) < 4.78 is 40.0. The zero-order chi connectivity index (χ0) is 22.0. The molecule has 2 aromatic rings. The van der Waals surface area contributed by atoms with E-state index in [1.807, 2.05) is 34.1 Å². The van der Waals surface area contributed by atoms with Crippen LogP contribution in [0.2, 0.25) is 0 Å². The molecule has 168 valence electrons. The number of β-amino-alcohol motifs (C(OH)–C–C–N with tert-alkyl or cyclic N) is 2. The van der Waals surface area contributed by atoms with Crippen molar-refractivity contribution in [3.05, 3.63) is 48.0 Å². The number of piperazine rings is 1. The van der Waals surface area contributed by atoms with Gasteiger partial charge in [-0.2, -0.15) is 13.2 Å². The van der Waals surface area contributed by atoms with Gasteiger partial charge in [0.2, 0.25) is 0 Å². The third kappa shape index (κ3) is 5.35. The second-order valence-electron chi connectivity index (χ2n) is 7.88. The largest absolute Gasteiger partial charge is 0.416 e. The monoisotopic (exact) mass is 453 g/mol. The van der Waals surface area contributed by atoms with E-state index in [2.05, 4.69) is 4.90 Å². The van der Waals surface area contributed by atoms with Gasteiger partial charge in [-0.05, 0) is 43.3 Å². The van der Waals surface area contributed by atoms with Gasteiger partial charge in [0, 0.05) is 49.1 Å². The van der Waals surface area contributed by atoms with Crippen LogP contribution in [0, 0.1) is 0 Å². The minimum Gasteiger partial charge on any atom is -0.367 e. The number of fused-ring (bicyclic) bond motifs is 2. The van der Waals surface area contributed by atoms with Gasteiger partial charge < -0.3 is 20.0 Å². The van der Waals surface area contributed by atoms with Gasteiger partial charge in [-0.25, -0.2) is 0 Å². The predicted molar refractivity (Wildman–Crippen MR) is 115 cm³/mol. The molecule has 4 rings (SSSR count). The summed E-state index contributed by atoms with van der Waals surface area (Å²) in [5.41, 5.74) is 0.930. The Morgan fingerprint density at radius 2 is 1.55 bits per heavy atom. The number of benzene rings is 2. The number of alkyl halides is 3. The number of rotatable bonds is 6. The van der Waals surface area contributed by atoms with Gasteiger partial charge in [-0.1, -0.05) is 23.9 Å². The highest BCUT2D eigenvalue weighted by atomic mass is 32.2. The van der Waals surface area contributed by atoms with E-state index in [0.717, 1.165) is 60.7 Å². The first kappa shape index (κ1) is 22.4. The highest BCUT2D eigenvalue weighted by molar-refractivity contribution is 7.99. The quantitative estimate of drug-likeness (QED) is 0.652. The molecule has 31 heavy (non-hydrogen) atoms. The minimum atomic E-state index is -4.37. The normalized spacial score (nSPS) is 17.7. The maximum atomic E-state index is 13.3. The van der Waals surface area contributed by atoms with E-state index >= 15 is 0 Å². The first-order valence-electron chi connectivity index (χ1n) is 10.4. The molecule has 1 saturated heterocycles. The molecule has 0 amide bonds. The number of para-hydroxylation sites is 1. The van der Waals surface area contributed by atoms with E-state index < -0.39 is 18.0 Å². The van der Waals surface area contributed by atoms with Gasteiger partial charge in [0.15, 0.2) is 6.29 Å². The highest BCUT2D eigenvalue weighted by Gasteiger charge is 2.33. The van der Waals surface area contributed by atoms with Gasteiger partial charge in [-0.3, -0.25) is 4.90 Å². The number of anilines is 2. The molecule has 5 nitrogen and oxygen atoms in total. The van der Waals surface area contributed by atoms with Crippen LogP contribution in [-0.4, -0.2) is 72.1 Å². The summed E-state index contributed by atoms with van der Waals surface area (Å²) in [6.45, 7) is 4.96. The fourth-order valence-electron chi connectivity index (χ4n) is 4.13. The molecule has 2 aliphatic rings. The molecule has 2 aliphatic heterocycles. The van der Waals surface area contributed by atoms with Gasteiger partial charge in [0.1, 0.15) is 0 Å². The summed E-state index contributed by atoms with van der Waals surface area (Å²) >= 11 is 1.51. The van der Waals surface area contributed by atoms with E-state index in [-0.39, 0.29) is 6.54 Å². The topological polar surface area (TPSA) is 50.2 Å². The van der Waals surface area contributed by atoms with Crippen molar-refractivity contribution in [1.29, 1.82) is 0 Å². The van der Waals surface area contributed by atoms with E-state index in [0.29, 0.717) is 12.2 Å². The number of halogens is 3. The molecule has 0 aliphatic carbocycles. The molecule has 0 aromatic heterocycles. The minimum absolute atomic E-state index is 0.258. The van der Waals surface area contributed by atoms with Crippen LogP contribution in [0.5, 0.6) is 0 Å². The number of nitrogens with zero attached hydrogens (tertiary/aromatic N) is 3. The Bertz CT molecular complexity index is 902. The zero-order valence-corrected chi connectivity index (χ0v) is 17.9. The van der Waals surface area contributed by atoms with Gasteiger partial charge in [0.25, 0.3) is 0 Å². The summed E-state index contributed by atoms with van der Waals surface area (Å²) in [6, 6.07) is 11.8. The molecule has 0 radical (unpaired) electrons. The van der Waals surface area contributed by atoms with Crippen molar-refractivity contribution in [3.8, 4) is 0 Å².